The Morgan fingerprint density at radius 3 is 2.46 bits per heavy atom. The highest BCUT2D eigenvalue weighted by molar-refractivity contribution is 5.75. The van der Waals surface area contributed by atoms with Gasteiger partial charge < -0.3 is 18.6 Å². The third kappa shape index (κ3) is 4.49. The molecule has 1 unspecified atom stereocenters. The molecule has 2 aromatic heterocycles. The van der Waals surface area contributed by atoms with Crippen molar-refractivity contribution in [3.63, 3.8) is 0 Å². The fourth-order valence-electron chi connectivity index (χ4n) is 8.36. The average molecular weight is 562 g/mol. The quantitative estimate of drug-likeness (QED) is 0.426. The molecule has 4 fully saturated rings. The number of carbonyl (C=O) groups is 2. The molecule has 0 amide bonds. The molecule has 7 rings (SSSR count). The molecule has 0 aromatic carbocycles. The fraction of sp³-hybridized carbons (Fsp3) is 0.636. The van der Waals surface area contributed by atoms with Crippen molar-refractivity contribution < 1.29 is 28.2 Å². The van der Waals surface area contributed by atoms with E-state index in [1.54, 1.807) is 12.4 Å². The van der Waals surface area contributed by atoms with Crippen LogP contribution in [0.25, 0.3) is 11.3 Å². The molecule has 1 aliphatic heterocycles. The first-order valence-corrected chi connectivity index (χ1v) is 15.2. The number of hydrogen-bond acceptors (Lipinski definition) is 8. The van der Waals surface area contributed by atoms with Gasteiger partial charge in [0, 0.05) is 35.4 Å². The van der Waals surface area contributed by atoms with E-state index < -0.39 is 11.0 Å². The summed E-state index contributed by atoms with van der Waals surface area (Å²) in [6.07, 6.45) is 10.3. The van der Waals surface area contributed by atoms with Gasteiger partial charge in [0.2, 0.25) is 0 Å². The Hall–Kier alpha value is -3.16. The molecule has 3 heterocycles. The van der Waals surface area contributed by atoms with Crippen molar-refractivity contribution in [1.29, 1.82) is 0 Å². The van der Waals surface area contributed by atoms with E-state index in [1.807, 2.05) is 18.2 Å². The Labute approximate surface area is 240 Å². The van der Waals surface area contributed by atoms with Crippen molar-refractivity contribution >= 4 is 11.9 Å². The summed E-state index contributed by atoms with van der Waals surface area (Å²) in [7, 11) is 0. The van der Waals surface area contributed by atoms with Crippen LogP contribution in [-0.2, 0) is 25.5 Å². The third-order valence-electron chi connectivity index (χ3n) is 11.0. The molecule has 4 aliphatic carbocycles. The first kappa shape index (κ1) is 26.7. The third-order valence-corrected chi connectivity index (χ3v) is 11.0. The van der Waals surface area contributed by atoms with Gasteiger partial charge in [-0.1, -0.05) is 13.8 Å². The normalized spacial score (nSPS) is 35.7. The Morgan fingerprint density at radius 1 is 1.00 bits per heavy atom. The zero-order valence-corrected chi connectivity index (χ0v) is 24.1. The lowest BCUT2D eigenvalue weighted by Crippen LogP contribution is -2.65. The molecule has 8 nitrogen and oxygen atoms in total. The van der Waals surface area contributed by atoms with E-state index in [-0.39, 0.29) is 59.4 Å². The molecule has 0 saturated heterocycles. The highest BCUT2D eigenvalue weighted by atomic mass is 16.6. The number of esters is 2. The van der Waals surface area contributed by atoms with E-state index >= 15 is 0 Å². The van der Waals surface area contributed by atoms with Gasteiger partial charge >= 0.3 is 17.6 Å². The molecule has 0 bridgehead atoms. The van der Waals surface area contributed by atoms with Gasteiger partial charge in [-0.3, -0.25) is 14.6 Å². The van der Waals surface area contributed by atoms with E-state index in [0.717, 1.165) is 50.5 Å². The minimum absolute atomic E-state index is 0.00900. The lowest BCUT2D eigenvalue weighted by Gasteiger charge is -2.64. The van der Waals surface area contributed by atoms with Crippen LogP contribution in [0.5, 0.6) is 5.75 Å². The number of pyridine rings is 1. The van der Waals surface area contributed by atoms with Gasteiger partial charge in [-0.2, -0.15) is 0 Å². The maximum absolute atomic E-state index is 13.3. The summed E-state index contributed by atoms with van der Waals surface area (Å²) in [6.45, 7) is 6.86. The first-order chi connectivity index (χ1) is 19.6. The van der Waals surface area contributed by atoms with Crippen LogP contribution in [0, 0.1) is 34.5 Å². The summed E-state index contributed by atoms with van der Waals surface area (Å²) in [4.78, 5) is 43.0. The zero-order valence-electron chi connectivity index (χ0n) is 24.1. The molecule has 0 N–H and O–H groups in total. The van der Waals surface area contributed by atoms with Gasteiger partial charge in [0.1, 0.15) is 29.8 Å². The van der Waals surface area contributed by atoms with E-state index in [1.165, 1.54) is 0 Å². The summed E-state index contributed by atoms with van der Waals surface area (Å²) in [5.74, 6) is 0.981. The number of hydrogen-bond donors (Lipinski definition) is 0. The molecular weight excluding hydrogens is 522 g/mol. The largest absolute Gasteiger partial charge is 0.487 e. The molecule has 5 aliphatic rings. The summed E-state index contributed by atoms with van der Waals surface area (Å²) in [6, 6.07) is 5.51. The Morgan fingerprint density at radius 2 is 1.76 bits per heavy atom. The summed E-state index contributed by atoms with van der Waals surface area (Å²) >= 11 is 0. The van der Waals surface area contributed by atoms with Gasteiger partial charge in [-0.15, -0.1) is 0 Å². The zero-order chi connectivity index (χ0) is 28.6. The van der Waals surface area contributed by atoms with Gasteiger partial charge in [0.15, 0.2) is 0 Å². The van der Waals surface area contributed by atoms with Crippen molar-refractivity contribution in [1.82, 2.24) is 4.98 Å². The van der Waals surface area contributed by atoms with Crippen LogP contribution < -0.4 is 10.4 Å². The summed E-state index contributed by atoms with van der Waals surface area (Å²) in [5.41, 5.74) is -0.287. The van der Waals surface area contributed by atoms with E-state index in [9.17, 15) is 14.4 Å². The second-order valence-electron chi connectivity index (χ2n) is 13.9. The van der Waals surface area contributed by atoms with Crippen molar-refractivity contribution in [2.75, 3.05) is 6.61 Å². The Balaban J connectivity index is 1.21. The molecule has 4 saturated carbocycles. The van der Waals surface area contributed by atoms with Gasteiger partial charge in [-0.05, 0) is 88.2 Å². The average Bonchev–Trinajstić information content (AvgIpc) is 3.86. The molecule has 0 radical (unpaired) electrons. The Bertz CT molecular complexity index is 1430. The number of fused-ring (bicyclic) bond motifs is 4. The fourth-order valence-corrected chi connectivity index (χ4v) is 8.36. The number of aromatic nitrogens is 1. The molecule has 41 heavy (non-hydrogen) atoms. The minimum Gasteiger partial charge on any atom is -0.487 e. The maximum atomic E-state index is 13.3. The molecule has 6 atom stereocenters. The lowest BCUT2D eigenvalue weighted by atomic mass is 9.43. The molecule has 8 heteroatoms. The van der Waals surface area contributed by atoms with E-state index in [2.05, 4.69) is 25.8 Å². The van der Waals surface area contributed by atoms with E-state index in [4.69, 9.17) is 18.6 Å². The number of nitrogens with zero attached hydrogens (tertiary/aromatic N) is 1. The molecule has 2 aromatic rings. The van der Waals surface area contributed by atoms with Crippen LogP contribution in [0.4, 0.5) is 0 Å². The number of rotatable bonds is 6. The summed E-state index contributed by atoms with van der Waals surface area (Å²) in [5, 5.41) is 0. The minimum atomic E-state index is -0.529. The van der Waals surface area contributed by atoms with Crippen molar-refractivity contribution in [3.05, 3.63) is 46.6 Å². The van der Waals surface area contributed by atoms with Crippen LogP contribution in [0.3, 0.4) is 0 Å². The Kier molecular flexibility index (Phi) is 6.15. The predicted molar refractivity (Wildman–Crippen MR) is 149 cm³/mol. The maximum Gasteiger partial charge on any atom is 0.343 e. The van der Waals surface area contributed by atoms with Crippen LogP contribution in [0.2, 0.25) is 0 Å². The highest BCUT2D eigenvalue weighted by Gasteiger charge is 2.65. The van der Waals surface area contributed by atoms with Crippen molar-refractivity contribution in [2.24, 2.45) is 34.5 Å². The van der Waals surface area contributed by atoms with Gasteiger partial charge in [-0.25, -0.2) is 4.79 Å². The molecule has 218 valence electrons. The van der Waals surface area contributed by atoms with Crippen LogP contribution in [-0.4, -0.2) is 35.2 Å². The van der Waals surface area contributed by atoms with Gasteiger partial charge in [0.25, 0.3) is 0 Å². The smallest absolute Gasteiger partial charge is 0.343 e. The van der Waals surface area contributed by atoms with Crippen molar-refractivity contribution in [2.45, 2.75) is 90.3 Å². The molecular formula is C33H39NO7. The van der Waals surface area contributed by atoms with Gasteiger partial charge in [0.05, 0.1) is 17.4 Å². The summed E-state index contributed by atoms with van der Waals surface area (Å²) < 4.78 is 24.7. The SMILES string of the molecule is CC1(COC(=O)C2CC2)[C@@H](OC(=O)C2CC2)CC[C@]2(C)[C@H]3Cc4c(cc(-c5cccnc5)oc4=O)O[C@]3(C)CC[C@@H]12. The van der Waals surface area contributed by atoms with Crippen LogP contribution in [0.1, 0.15) is 77.7 Å². The number of ether oxygens (including phenoxy) is 3. The van der Waals surface area contributed by atoms with Crippen LogP contribution in [0.15, 0.2) is 39.8 Å². The second-order valence-corrected chi connectivity index (χ2v) is 13.9. The van der Waals surface area contributed by atoms with E-state index in [0.29, 0.717) is 29.9 Å². The highest BCUT2D eigenvalue weighted by Crippen LogP contribution is 2.65. The lowest BCUT2D eigenvalue weighted by molar-refractivity contribution is -0.221. The topological polar surface area (TPSA) is 105 Å². The standard InChI is InChI=1S/C33H39NO7/c1-31-12-11-27(40-29(36)20-8-9-20)32(2,18-38-28(35)19-6-7-19)25(31)10-13-33(3)26(31)15-22-24(41-33)16-23(39-30(22)37)21-5-4-14-34-17-21/h4-5,14,16-17,19-20,25-27H,6-13,15,18H2,1-3H3/t25-,26-,27+,31+,32?,33-/m1/s1. The molecule has 0 spiro atoms. The predicted octanol–water partition coefficient (Wildman–Crippen LogP) is 5.50. The first-order valence-electron chi connectivity index (χ1n) is 15.2. The van der Waals surface area contributed by atoms with Crippen LogP contribution >= 0.6 is 0 Å². The van der Waals surface area contributed by atoms with Crippen molar-refractivity contribution in [3.8, 4) is 17.1 Å². The second kappa shape index (κ2) is 9.43. The number of carbonyl (C=O) groups excluding carboxylic acids is 2. The monoisotopic (exact) mass is 561 g/mol.